The van der Waals surface area contributed by atoms with Crippen LogP contribution < -0.4 is 5.73 Å². The van der Waals surface area contributed by atoms with E-state index in [1.165, 1.54) is 24.9 Å². The Kier molecular flexibility index (Phi) is 2.19. The molecule has 1 unspecified atom stereocenters. The Hall–Kier alpha value is -1.09. The molecule has 0 bridgehead atoms. The molecule has 13 heavy (non-hydrogen) atoms. The monoisotopic (exact) mass is 177 g/mol. The largest absolute Gasteiger partial charge is 0.397 e. The van der Waals surface area contributed by atoms with Crippen LogP contribution in [0.1, 0.15) is 24.4 Å². The fraction of sp³-hybridized carbons (Fsp3) is 0.500. The van der Waals surface area contributed by atoms with E-state index in [2.05, 4.69) is 16.9 Å². The smallest absolute Gasteiger partial charge is 0.0549 e. The van der Waals surface area contributed by atoms with Crippen molar-refractivity contribution in [3.8, 4) is 0 Å². The fourth-order valence-corrected chi connectivity index (χ4v) is 2.02. The molecule has 3 nitrogen and oxygen atoms in total. The maximum absolute atomic E-state index is 5.87. The number of anilines is 1. The van der Waals surface area contributed by atoms with Crippen LogP contribution in [0.25, 0.3) is 0 Å². The lowest BCUT2D eigenvalue weighted by Gasteiger charge is -2.20. The van der Waals surface area contributed by atoms with Gasteiger partial charge in [0.25, 0.3) is 0 Å². The molecular weight excluding hydrogens is 162 g/mol. The van der Waals surface area contributed by atoms with Crippen molar-refractivity contribution < 1.29 is 0 Å². The Morgan fingerprint density at radius 2 is 2.46 bits per heavy atom. The van der Waals surface area contributed by atoms with Gasteiger partial charge in [-0.3, -0.25) is 9.88 Å². The topological polar surface area (TPSA) is 42.2 Å². The summed E-state index contributed by atoms with van der Waals surface area (Å²) in [6, 6.07) is 2.53. The van der Waals surface area contributed by atoms with E-state index >= 15 is 0 Å². The van der Waals surface area contributed by atoms with Gasteiger partial charge in [0, 0.05) is 12.2 Å². The van der Waals surface area contributed by atoms with Gasteiger partial charge in [0.2, 0.25) is 0 Å². The first kappa shape index (κ1) is 8.51. The van der Waals surface area contributed by atoms with Crippen molar-refractivity contribution in [2.75, 3.05) is 19.3 Å². The Labute approximate surface area is 78.6 Å². The van der Waals surface area contributed by atoms with Crippen LogP contribution in [0.5, 0.6) is 0 Å². The summed E-state index contributed by atoms with van der Waals surface area (Å²) < 4.78 is 0. The normalized spacial score (nSPS) is 23.6. The first-order valence-electron chi connectivity index (χ1n) is 4.68. The van der Waals surface area contributed by atoms with E-state index in [1.807, 2.05) is 12.3 Å². The Morgan fingerprint density at radius 3 is 3.08 bits per heavy atom. The molecule has 70 valence electrons. The predicted molar refractivity (Wildman–Crippen MR) is 53.3 cm³/mol. The summed E-state index contributed by atoms with van der Waals surface area (Å²) in [4.78, 5) is 6.35. The number of aromatic nitrogens is 1. The zero-order valence-electron chi connectivity index (χ0n) is 7.90. The molecule has 1 atom stereocenters. The van der Waals surface area contributed by atoms with Crippen LogP contribution in [0.3, 0.4) is 0 Å². The fourth-order valence-electron chi connectivity index (χ4n) is 2.02. The van der Waals surface area contributed by atoms with Gasteiger partial charge in [-0.15, -0.1) is 0 Å². The predicted octanol–water partition coefficient (Wildman–Crippen LogP) is 1.43. The molecular formula is C10H15N3. The summed E-state index contributed by atoms with van der Waals surface area (Å²) >= 11 is 0. The van der Waals surface area contributed by atoms with E-state index in [0.717, 1.165) is 5.69 Å². The molecule has 0 radical (unpaired) electrons. The number of hydrogen-bond acceptors (Lipinski definition) is 3. The average molecular weight is 177 g/mol. The third-order valence-corrected chi connectivity index (χ3v) is 2.77. The summed E-state index contributed by atoms with van der Waals surface area (Å²) in [6.07, 6.45) is 6.03. The van der Waals surface area contributed by atoms with Gasteiger partial charge in [0.1, 0.15) is 0 Å². The summed E-state index contributed by atoms with van der Waals surface area (Å²) in [5.74, 6) is 0. The third kappa shape index (κ3) is 1.52. The highest BCUT2D eigenvalue weighted by Crippen LogP contribution is 2.32. The van der Waals surface area contributed by atoms with Crippen molar-refractivity contribution in [1.29, 1.82) is 0 Å². The minimum absolute atomic E-state index is 0.503. The van der Waals surface area contributed by atoms with Crippen LogP contribution in [0.2, 0.25) is 0 Å². The van der Waals surface area contributed by atoms with Crippen molar-refractivity contribution in [3.05, 3.63) is 24.0 Å². The summed E-state index contributed by atoms with van der Waals surface area (Å²) in [5.41, 5.74) is 7.93. The number of rotatable bonds is 1. The molecule has 1 aliphatic heterocycles. The van der Waals surface area contributed by atoms with Crippen LogP contribution in [0, 0.1) is 0 Å². The molecule has 1 aliphatic rings. The van der Waals surface area contributed by atoms with Crippen molar-refractivity contribution in [1.82, 2.24) is 9.88 Å². The lowest BCUT2D eigenvalue weighted by molar-refractivity contribution is 0.318. The quantitative estimate of drug-likeness (QED) is 0.705. The lowest BCUT2D eigenvalue weighted by atomic mass is 10.0. The minimum Gasteiger partial charge on any atom is -0.397 e. The third-order valence-electron chi connectivity index (χ3n) is 2.77. The summed E-state index contributed by atoms with van der Waals surface area (Å²) in [5, 5.41) is 0. The summed E-state index contributed by atoms with van der Waals surface area (Å²) in [6.45, 7) is 1.17. The lowest BCUT2D eigenvalue weighted by Crippen LogP contribution is -2.18. The van der Waals surface area contributed by atoms with Crippen LogP contribution >= 0.6 is 0 Å². The van der Waals surface area contributed by atoms with Crippen molar-refractivity contribution >= 4 is 5.69 Å². The maximum Gasteiger partial charge on any atom is 0.0549 e. The van der Waals surface area contributed by atoms with E-state index in [9.17, 15) is 0 Å². The SMILES string of the molecule is CN1CCCC1c1ccncc1N. The number of likely N-dealkylation sites (tertiary alicyclic amines) is 1. The highest BCUT2D eigenvalue weighted by molar-refractivity contribution is 5.46. The molecule has 0 amide bonds. The van der Waals surface area contributed by atoms with Gasteiger partial charge >= 0.3 is 0 Å². The zero-order chi connectivity index (χ0) is 9.26. The molecule has 0 aliphatic carbocycles. The van der Waals surface area contributed by atoms with Crippen molar-refractivity contribution in [3.63, 3.8) is 0 Å². The maximum atomic E-state index is 5.87. The van der Waals surface area contributed by atoms with Gasteiger partial charge in [-0.1, -0.05) is 0 Å². The van der Waals surface area contributed by atoms with E-state index < -0.39 is 0 Å². The molecule has 0 spiro atoms. The molecule has 2 heterocycles. The molecule has 1 fully saturated rings. The van der Waals surface area contributed by atoms with E-state index in [4.69, 9.17) is 5.73 Å². The number of pyridine rings is 1. The molecule has 3 heteroatoms. The van der Waals surface area contributed by atoms with Crippen LogP contribution in [0.15, 0.2) is 18.5 Å². The highest BCUT2D eigenvalue weighted by atomic mass is 15.1. The van der Waals surface area contributed by atoms with Gasteiger partial charge < -0.3 is 5.73 Å². The second-order valence-electron chi connectivity index (χ2n) is 3.64. The van der Waals surface area contributed by atoms with E-state index in [0.29, 0.717) is 6.04 Å². The molecule has 1 aromatic heterocycles. The van der Waals surface area contributed by atoms with Crippen LogP contribution in [-0.2, 0) is 0 Å². The second-order valence-corrected chi connectivity index (χ2v) is 3.64. The van der Waals surface area contributed by atoms with E-state index in [1.54, 1.807) is 6.20 Å². The number of nitrogens with two attached hydrogens (primary N) is 1. The van der Waals surface area contributed by atoms with Gasteiger partial charge in [-0.25, -0.2) is 0 Å². The van der Waals surface area contributed by atoms with Gasteiger partial charge in [0.15, 0.2) is 0 Å². The van der Waals surface area contributed by atoms with Gasteiger partial charge in [0.05, 0.1) is 11.9 Å². The molecule has 0 aromatic carbocycles. The van der Waals surface area contributed by atoms with Crippen molar-refractivity contribution in [2.24, 2.45) is 0 Å². The van der Waals surface area contributed by atoms with Gasteiger partial charge in [-0.05, 0) is 38.1 Å². The highest BCUT2D eigenvalue weighted by Gasteiger charge is 2.23. The molecule has 2 rings (SSSR count). The van der Waals surface area contributed by atoms with Crippen LogP contribution in [-0.4, -0.2) is 23.5 Å². The van der Waals surface area contributed by atoms with Crippen LogP contribution in [0.4, 0.5) is 5.69 Å². The molecule has 2 N–H and O–H groups in total. The number of nitrogens with zero attached hydrogens (tertiary/aromatic N) is 2. The minimum atomic E-state index is 0.503. The zero-order valence-corrected chi connectivity index (χ0v) is 7.90. The Bertz CT molecular complexity index is 298. The standard InChI is InChI=1S/C10H15N3/c1-13-6-2-3-10(13)8-4-5-12-7-9(8)11/h4-5,7,10H,2-3,6,11H2,1H3. The number of hydrogen-bond donors (Lipinski definition) is 1. The first-order chi connectivity index (χ1) is 6.29. The summed E-state index contributed by atoms with van der Waals surface area (Å²) in [7, 11) is 2.15. The molecule has 1 saturated heterocycles. The number of nitrogen functional groups attached to an aromatic ring is 1. The average Bonchev–Trinajstić information content (AvgIpc) is 2.52. The Balaban J connectivity index is 2.29. The van der Waals surface area contributed by atoms with Crippen molar-refractivity contribution in [2.45, 2.75) is 18.9 Å². The molecule has 1 aromatic rings. The second kappa shape index (κ2) is 3.34. The molecule has 0 saturated carbocycles. The first-order valence-corrected chi connectivity index (χ1v) is 4.68. The van der Waals surface area contributed by atoms with E-state index in [-0.39, 0.29) is 0 Å². The Morgan fingerprint density at radius 1 is 1.62 bits per heavy atom. The van der Waals surface area contributed by atoms with Gasteiger partial charge in [-0.2, -0.15) is 0 Å².